The lowest BCUT2D eigenvalue weighted by molar-refractivity contribution is -0.138. The molecule has 1 saturated heterocycles. The van der Waals surface area contributed by atoms with Gasteiger partial charge in [0.05, 0.1) is 10.7 Å². The van der Waals surface area contributed by atoms with Gasteiger partial charge in [-0.3, -0.25) is 9.69 Å². The van der Waals surface area contributed by atoms with Crippen molar-refractivity contribution in [3.05, 3.63) is 35.2 Å². The van der Waals surface area contributed by atoms with E-state index in [4.69, 9.17) is 16.7 Å². The molecular weight excluding hydrogens is 278 g/mol. The van der Waals surface area contributed by atoms with Crippen molar-refractivity contribution >= 4 is 23.2 Å². The van der Waals surface area contributed by atoms with Crippen LogP contribution in [-0.4, -0.2) is 38.4 Å². The first-order chi connectivity index (χ1) is 9.60. The summed E-state index contributed by atoms with van der Waals surface area (Å²) in [4.78, 5) is 17.5. The molecule has 0 radical (unpaired) electrons. The number of carboxylic acids is 1. The number of pyridine rings is 1. The van der Waals surface area contributed by atoms with E-state index in [9.17, 15) is 4.79 Å². The van der Waals surface area contributed by atoms with Gasteiger partial charge in [0.2, 0.25) is 0 Å². The molecule has 0 aliphatic carbocycles. The Kier molecular flexibility index (Phi) is 3.63. The number of nitrogens with zero attached hydrogens (tertiary/aromatic N) is 3. The van der Waals surface area contributed by atoms with E-state index in [0.29, 0.717) is 5.02 Å². The molecule has 2 aromatic rings. The average Bonchev–Trinajstić information content (AvgIpc) is 2.95. The quantitative estimate of drug-likeness (QED) is 0.939. The number of carboxylic acid groups (broad SMARTS) is 1. The predicted molar refractivity (Wildman–Crippen MR) is 75.8 cm³/mol. The van der Waals surface area contributed by atoms with Crippen molar-refractivity contribution < 1.29 is 9.90 Å². The summed E-state index contributed by atoms with van der Waals surface area (Å²) in [6.07, 6.45) is 5.03. The second-order valence-corrected chi connectivity index (χ2v) is 5.77. The van der Waals surface area contributed by atoms with Crippen molar-refractivity contribution in [1.29, 1.82) is 0 Å². The minimum atomic E-state index is -0.709. The van der Waals surface area contributed by atoms with Crippen LogP contribution in [0.15, 0.2) is 24.5 Å². The number of likely N-dealkylation sites (tertiary alicyclic amines) is 1. The number of hydrogen-bond acceptors (Lipinski definition) is 3. The van der Waals surface area contributed by atoms with Crippen LogP contribution in [0.4, 0.5) is 0 Å². The minimum Gasteiger partial charge on any atom is -0.481 e. The van der Waals surface area contributed by atoms with Crippen LogP contribution in [0.5, 0.6) is 0 Å². The number of hydrogen-bond donors (Lipinski definition) is 1. The predicted octanol–water partition coefficient (Wildman–Crippen LogP) is 2.28. The molecule has 1 unspecified atom stereocenters. The second-order valence-electron chi connectivity index (χ2n) is 5.33. The zero-order chi connectivity index (χ0) is 14.1. The van der Waals surface area contributed by atoms with Crippen molar-refractivity contribution in [3.63, 3.8) is 0 Å². The van der Waals surface area contributed by atoms with Crippen LogP contribution >= 0.6 is 11.6 Å². The summed E-state index contributed by atoms with van der Waals surface area (Å²) in [6.45, 7) is 2.53. The van der Waals surface area contributed by atoms with Gasteiger partial charge in [0.15, 0.2) is 0 Å². The van der Waals surface area contributed by atoms with Gasteiger partial charge in [-0.1, -0.05) is 11.6 Å². The Morgan fingerprint density at radius 2 is 2.30 bits per heavy atom. The third-order valence-electron chi connectivity index (χ3n) is 3.68. The number of fused-ring (bicyclic) bond motifs is 1. The fourth-order valence-corrected chi connectivity index (χ4v) is 2.96. The summed E-state index contributed by atoms with van der Waals surface area (Å²) in [5, 5.41) is 9.51. The molecule has 1 atom stereocenters. The lowest BCUT2D eigenvalue weighted by Crippen LogP contribution is -2.21. The van der Waals surface area contributed by atoms with Crippen molar-refractivity contribution in [2.45, 2.75) is 19.4 Å². The molecule has 1 N–H and O–H groups in total. The van der Waals surface area contributed by atoms with E-state index < -0.39 is 5.97 Å². The van der Waals surface area contributed by atoms with Crippen LogP contribution in [-0.2, 0) is 11.3 Å². The Balaban J connectivity index is 1.66. The summed E-state index contributed by atoms with van der Waals surface area (Å²) in [7, 11) is 0. The molecule has 0 aromatic carbocycles. The van der Waals surface area contributed by atoms with Crippen LogP contribution in [0, 0.1) is 5.92 Å². The van der Waals surface area contributed by atoms with Gasteiger partial charge >= 0.3 is 5.97 Å². The first kappa shape index (κ1) is 13.4. The van der Waals surface area contributed by atoms with Crippen molar-refractivity contribution in [1.82, 2.24) is 14.3 Å². The molecule has 2 aromatic heterocycles. The number of rotatable bonds is 4. The van der Waals surface area contributed by atoms with E-state index in [0.717, 1.165) is 37.4 Å². The van der Waals surface area contributed by atoms with Gasteiger partial charge in [-0.15, -0.1) is 0 Å². The summed E-state index contributed by atoms with van der Waals surface area (Å²) in [6, 6.07) is 3.72. The zero-order valence-electron chi connectivity index (χ0n) is 11.0. The maximum absolute atomic E-state index is 10.7. The van der Waals surface area contributed by atoms with Crippen LogP contribution in [0.3, 0.4) is 0 Å². The van der Waals surface area contributed by atoms with E-state index in [1.807, 2.05) is 28.9 Å². The third kappa shape index (κ3) is 2.94. The van der Waals surface area contributed by atoms with E-state index in [-0.39, 0.29) is 12.3 Å². The highest BCUT2D eigenvalue weighted by molar-refractivity contribution is 6.30. The van der Waals surface area contributed by atoms with Crippen LogP contribution in [0.2, 0.25) is 5.02 Å². The SMILES string of the molecule is O=C(O)CC1CCN(Cc2cn3cc(Cl)ccc3n2)C1. The maximum Gasteiger partial charge on any atom is 0.303 e. The number of aromatic nitrogens is 2. The normalized spacial score (nSPS) is 19.8. The fraction of sp³-hybridized carbons (Fsp3) is 0.429. The highest BCUT2D eigenvalue weighted by atomic mass is 35.5. The van der Waals surface area contributed by atoms with Gasteiger partial charge in [-0.2, -0.15) is 0 Å². The van der Waals surface area contributed by atoms with Crippen LogP contribution < -0.4 is 0 Å². The Bertz CT molecular complexity index is 640. The molecule has 20 heavy (non-hydrogen) atoms. The van der Waals surface area contributed by atoms with Crippen LogP contribution in [0.1, 0.15) is 18.5 Å². The molecule has 0 amide bonds. The molecule has 1 aliphatic rings. The fourth-order valence-electron chi connectivity index (χ4n) is 2.79. The number of carbonyl (C=O) groups is 1. The molecule has 6 heteroatoms. The molecule has 3 heterocycles. The first-order valence-electron chi connectivity index (χ1n) is 6.67. The summed E-state index contributed by atoms with van der Waals surface area (Å²) < 4.78 is 1.92. The average molecular weight is 294 g/mol. The molecule has 106 valence electrons. The zero-order valence-corrected chi connectivity index (χ0v) is 11.8. The third-order valence-corrected chi connectivity index (χ3v) is 3.91. The van der Waals surface area contributed by atoms with Gasteiger partial charge in [0.1, 0.15) is 5.65 Å². The van der Waals surface area contributed by atoms with Gasteiger partial charge in [0.25, 0.3) is 0 Å². The topological polar surface area (TPSA) is 57.8 Å². The molecule has 1 fully saturated rings. The monoisotopic (exact) mass is 293 g/mol. The van der Waals surface area contributed by atoms with Gasteiger partial charge < -0.3 is 9.51 Å². The molecule has 0 spiro atoms. The standard InChI is InChI=1S/C14H16ClN3O2/c15-11-1-2-13-16-12(9-18(13)7-11)8-17-4-3-10(6-17)5-14(19)20/h1-2,7,9-10H,3-6,8H2,(H,19,20). The Morgan fingerprint density at radius 1 is 1.45 bits per heavy atom. The molecule has 1 aliphatic heterocycles. The minimum absolute atomic E-state index is 0.261. The summed E-state index contributed by atoms with van der Waals surface area (Å²) in [5.74, 6) is -0.446. The van der Waals surface area contributed by atoms with E-state index >= 15 is 0 Å². The first-order valence-corrected chi connectivity index (χ1v) is 7.05. The van der Waals surface area contributed by atoms with Gasteiger partial charge in [0, 0.05) is 31.9 Å². The molecule has 0 bridgehead atoms. The van der Waals surface area contributed by atoms with Gasteiger partial charge in [-0.05, 0) is 31.0 Å². The Morgan fingerprint density at radius 3 is 3.10 bits per heavy atom. The number of aliphatic carboxylic acids is 1. The molecule has 0 saturated carbocycles. The van der Waals surface area contributed by atoms with E-state index in [1.54, 1.807) is 0 Å². The Hall–Kier alpha value is -1.59. The summed E-state index contributed by atoms with van der Waals surface area (Å²) in [5.41, 5.74) is 1.87. The second kappa shape index (κ2) is 5.42. The lowest BCUT2D eigenvalue weighted by atomic mass is 10.1. The smallest absolute Gasteiger partial charge is 0.303 e. The van der Waals surface area contributed by atoms with E-state index in [2.05, 4.69) is 9.88 Å². The van der Waals surface area contributed by atoms with Gasteiger partial charge in [-0.25, -0.2) is 4.98 Å². The van der Waals surface area contributed by atoms with Crippen molar-refractivity contribution in [3.8, 4) is 0 Å². The highest BCUT2D eigenvalue weighted by Crippen LogP contribution is 2.21. The van der Waals surface area contributed by atoms with Crippen molar-refractivity contribution in [2.24, 2.45) is 5.92 Å². The Labute approximate surface area is 121 Å². The maximum atomic E-state index is 10.7. The molecule has 5 nitrogen and oxygen atoms in total. The lowest BCUT2D eigenvalue weighted by Gasteiger charge is -2.13. The van der Waals surface area contributed by atoms with Crippen LogP contribution in [0.25, 0.3) is 5.65 Å². The summed E-state index contributed by atoms with van der Waals surface area (Å²) >= 11 is 5.95. The number of halogens is 1. The largest absolute Gasteiger partial charge is 0.481 e. The van der Waals surface area contributed by atoms with E-state index in [1.165, 1.54) is 0 Å². The molecule has 3 rings (SSSR count). The van der Waals surface area contributed by atoms with Crippen molar-refractivity contribution in [2.75, 3.05) is 13.1 Å². The highest BCUT2D eigenvalue weighted by Gasteiger charge is 2.24. The molecular formula is C14H16ClN3O2. The number of imidazole rings is 1.